The fourth-order valence-electron chi connectivity index (χ4n) is 1.86. The number of halogens is 1. The maximum atomic E-state index is 11.8. The van der Waals surface area contributed by atoms with Gasteiger partial charge in [0.25, 0.3) is 5.91 Å². The van der Waals surface area contributed by atoms with Gasteiger partial charge in [0.1, 0.15) is 5.92 Å². The lowest BCUT2D eigenvalue weighted by Gasteiger charge is -2.19. The van der Waals surface area contributed by atoms with Gasteiger partial charge in [-0.05, 0) is 30.5 Å². The monoisotopic (exact) mass is 323 g/mol. The Bertz CT molecular complexity index is 516. The van der Waals surface area contributed by atoms with Crippen molar-refractivity contribution in [3.63, 3.8) is 0 Å². The van der Waals surface area contributed by atoms with Crippen LogP contribution in [0, 0.1) is 5.92 Å². The summed E-state index contributed by atoms with van der Waals surface area (Å²) in [6.45, 7) is 0.643. The van der Waals surface area contributed by atoms with E-state index in [-0.39, 0.29) is 11.8 Å². The Hall–Kier alpha value is -1.69. The summed E-state index contributed by atoms with van der Waals surface area (Å²) in [5.74, 6) is -1.21. The standard InChI is InChI=1S/C13H14BrN3O2/c14-10-4-1-3-9(7-10)8-16-17-13(19)11-5-2-6-15-12(11)18/h1,3-4,7-8,11H,2,5-6H2,(H,15,18)(H,17,19)/b16-8-/t11-/m0/s1. The van der Waals surface area contributed by atoms with Crippen LogP contribution in [0.15, 0.2) is 33.8 Å². The van der Waals surface area contributed by atoms with Crippen molar-refractivity contribution in [2.24, 2.45) is 11.0 Å². The van der Waals surface area contributed by atoms with E-state index in [0.29, 0.717) is 13.0 Å². The average Bonchev–Trinajstić information content (AvgIpc) is 2.39. The van der Waals surface area contributed by atoms with Gasteiger partial charge in [0.2, 0.25) is 5.91 Å². The number of nitrogens with one attached hydrogen (secondary N) is 2. The average molecular weight is 324 g/mol. The van der Waals surface area contributed by atoms with Crippen molar-refractivity contribution < 1.29 is 9.59 Å². The minimum absolute atomic E-state index is 0.221. The molecule has 0 aliphatic carbocycles. The molecule has 1 aliphatic rings. The van der Waals surface area contributed by atoms with E-state index in [1.54, 1.807) is 6.21 Å². The van der Waals surface area contributed by atoms with Gasteiger partial charge in [0.15, 0.2) is 0 Å². The first-order valence-corrected chi connectivity index (χ1v) is 6.82. The van der Waals surface area contributed by atoms with Crippen molar-refractivity contribution >= 4 is 34.0 Å². The van der Waals surface area contributed by atoms with Gasteiger partial charge in [-0.3, -0.25) is 9.59 Å². The number of nitrogens with zero attached hydrogens (tertiary/aromatic N) is 1. The Labute approximate surface area is 119 Å². The molecule has 1 heterocycles. The van der Waals surface area contributed by atoms with Crippen LogP contribution in [0.2, 0.25) is 0 Å². The van der Waals surface area contributed by atoms with Crippen LogP contribution in [0.5, 0.6) is 0 Å². The molecule has 0 spiro atoms. The molecule has 0 saturated carbocycles. The number of hydrogen-bond acceptors (Lipinski definition) is 3. The van der Waals surface area contributed by atoms with Crippen molar-refractivity contribution in [2.45, 2.75) is 12.8 Å². The molecule has 0 bridgehead atoms. The quantitative estimate of drug-likeness (QED) is 0.502. The second-order valence-corrected chi connectivity index (χ2v) is 5.19. The van der Waals surface area contributed by atoms with E-state index in [1.165, 1.54) is 0 Å². The molecule has 1 aromatic carbocycles. The smallest absolute Gasteiger partial charge is 0.252 e. The van der Waals surface area contributed by atoms with Crippen LogP contribution in [0.1, 0.15) is 18.4 Å². The molecular weight excluding hydrogens is 310 g/mol. The van der Waals surface area contributed by atoms with Gasteiger partial charge in [-0.15, -0.1) is 0 Å². The first-order chi connectivity index (χ1) is 9.16. The predicted molar refractivity (Wildman–Crippen MR) is 75.6 cm³/mol. The molecule has 0 aromatic heterocycles. The zero-order valence-corrected chi connectivity index (χ0v) is 11.8. The number of carbonyl (C=O) groups excluding carboxylic acids is 2. The van der Waals surface area contributed by atoms with Crippen LogP contribution < -0.4 is 10.7 Å². The Morgan fingerprint density at radius 3 is 3.11 bits per heavy atom. The van der Waals surface area contributed by atoms with E-state index < -0.39 is 5.92 Å². The van der Waals surface area contributed by atoms with Gasteiger partial charge >= 0.3 is 0 Å². The molecule has 0 unspecified atom stereocenters. The summed E-state index contributed by atoms with van der Waals surface area (Å²) in [5, 5.41) is 6.54. The maximum absolute atomic E-state index is 11.8. The van der Waals surface area contributed by atoms with E-state index in [2.05, 4.69) is 31.8 Å². The number of carbonyl (C=O) groups is 2. The van der Waals surface area contributed by atoms with Crippen molar-refractivity contribution in [3.8, 4) is 0 Å². The summed E-state index contributed by atoms with van der Waals surface area (Å²) in [6, 6.07) is 7.53. The SMILES string of the molecule is O=C1NCCC[C@@H]1C(=O)N/N=C\c1cccc(Br)c1. The molecule has 100 valence electrons. The van der Waals surface area contributed by atoms with Crippen molar-refractivity contribution in [1.82, 2.24) is 10.7 Å². The number of rotatable bonds is 3. The number of benzene rings is 1. The molecule has 2 amide bonds. The minimum Gasteiger partial charge on any atom is -0.355 e. The molecule has 6 heteroatoms. The molecule has 1 aromatic rings. The van der Waals surface area contributed by atoms with Gasteiger partial charge in [0.05, 0.1) is 6.21 Å². The molecule has 1 aliphatic heterocycles. The first kappa shape index (κ1) is 13.7. The van der Waals surface area contributed by atoms with Crippen molar-refractivity contribution in [3.05, 3.63) is 34.3 Å². The van der Waals surface area contributed by atoms with E-state index in [9.17, 15) is 9.59 Å². The van der Waals surface area contributed by atoms with Crippen molar-refractivity contribution in [2.75, 3.05) is 6.54 Å². The van der Waals surface area contributed by atoms with Crippen LogP contribution in [0.3, 0.4) is 0 Å². The summed E-state index contributed by atoms with van der Waals surface area (Å²) < 4.78 is 0.939. The van der Waals surface area contributed by atoms with Crippen LogP contribution in [-0.4, -0.2) is 24.6 Å². The summed E-state index contributed by atoms with van der Waals surface area (Å²) in [6.07, 6.45) is 2.94. The van der Waals surface area contributed by atoms with Crippen LogP contribution in [-0.2, 0) is 9.59 Å². The molecule has 1 atom stereocenters. The van der Waals surface area contributed by atoms with Gasteiger partial charge in [-0.1, -0.05) is 28.1 Å². The molecule has 19 heavy (non-hydrogen) atoms. The maximum Gasteiger partial charge on any atom is 0.252 e. The number of amides is 2. The fraction of sp³-hybridized carbons (Fsp3) is 0.308. The highest BCUT2D eigenvalue weighted by molar-refractivity contribution is 9.10. The lowest BCUT2D eigenvalue weighted by atomic mass is 9.98. The van der Waals surface area contributed by atoms with Gasteiger partial charge in [-0.2, -0.15) is 5.10 Å². The summed E-state index contributed by atoms with van der Waals surface area (Å²) >= 11 is 3.35. The van der Waals surface area contributed by atoms with E-state index in [4.69, 9.17) is 0 Å². The third kappa shape index (κ3) is 3.89. The molecule has 1 fully saturated rings. The number of hydrazone groups is 1. The van der Waals surface area contributed by atoms with Crippen LogP contribution in [0.25, 0.3) is 0 Å². The Morgan fingerprint density at radius 2 is 2.37 bits per heavy atom. The second-order valence-electron chi connectivity index (χ2n) is 4.28. The molecular formula is C13H14BrN3O2. The molecule has 2 rings (SSSR count). The summed E-state index contributed by atoms with van der Waals surface area (Å²) in [4.78, 5) is 23.3. The molecule has 0 radical (unpaired) electrons. The first-order valence-electron chi connectivity index (χ1n) is 6.03. The predicted octanol–water partition coefficient (Wildman–Crippen LogP) is 1.43. The van der Waals surface area contributed by atoms with E-state index >= 15 is 0 Å². The van der Waals surface area contributed by atoms with Gasteiger partial charge in [0, 0.05) is 11.0 Å². The second kappa shape index (κ2) is 6.47. The zero-order chi connectivity index (χ0) is 13.7. The van der Waals surface area contributed by atoms with E-state index in [0.717, 1.165) is 16.5 Å². The van der Waals surface area contributed by atoms with Crippen LogP contribution in [0.4, 0.5) is 0 Å². The molecule has 5 nitrogen and oxygen atoms in total. The topological polar surface area (TPSA) is 70.6 Å². The summed E-state index contributed by atoms with van der Waals surface area (Å²) in [7, 11) is 0. The van der Waals surface area contributed by atoms with Gasteiger partial charge in [-0.25, -0.2) is 5.43 Å². The fourth-order valence-corrected chi connectivity index (χ4v) is 2.27. The Morgan fingerprint density at radius 1 is 1.53 bits per heavy atom. The zero-order valence-electron chi connectivity index (χ0n) is 10.2. The Balaban J connectivity index is 1.91. The molecule has 2 N–H and O–H groups in total. The highest BCUT2D eigenvalue weighted by Crippen LogP contribution is 2.11. The lowest BCUT2D eigenvalue weighted by molar-refractivity contribution is -0.136. The van der Waals surface area contributed by atoms with Crippen molar-refractivity contribution in [1.29, 1.82) is 0 Å². The third-order valence-electron chi connectivity index (χ3n) is 2.84. The number of hydrogen-bond donors (Lipinski definition) is 2. The van der Waals surface area contributed by atoms with E-state index in [1.807, 2.05) is 24.3 Å². The lowest BCUT2D eigenvalue weighted by Crippen LogP contribution is -2.43. The normalized spacial score (nSPS) is 19.2. The largest absolute Gasteiger partial charge is 0.355 e. The number of piperidine rings is 1. The van der Waals surface area contributed by atoms with Gasteiger partial charge < -0.3 is 5.32 Å². The summed E-state index contributed by atoms with van der Waals surface area (Å²) in [5.41, 5.74) is 3.27. The van der Waals surface area contributed by atoms with Crippen LogP contribution >= 0.6 is 15.9 Å². The Kier molecular flexibility index (Phi) is 4.68. The molecule has 1 saturated heterocycles. The highest BCUT2D eigenvalue weighted by Gasteiger charge is 2.28. The third-order valence-corrected chi connectivity index (χ3v) is 3.33. The highest BCUT2D eigenvalue weighted by atomic mass is 79.9. The minimum atomic E-state index is -0.631.